The number of aliphatic hydroxyl groups is 1. The monoisotopic (exact) mass is 186 g/mol. The Kier molecular flexibility index (Phi) is 3.33. The fourth-order valence-corrected chi connectivity index (χ4v) is 2.11. The van der Waals surface area contributed by atoms with E-state index in [9.17, 15) is 5.11 Å². The molecule has 0 aromatic rings. The second kappa shape index (κ2) is 3.95. The molecule has 3 heteroatoms. The van der Waals surface area contributed by atoms with E-state index in [-0.39, 0.29) is 0 Å². The normalized spacial score (nSPS) is 31.2. The van der Waals surface area contributed by atoms with Gasteiger partial charge in [-0.25, -0.2) is 0 Å². The SMILES string of the molecule is CC1CC(CN)CN1CC(C)(C)O. The summed E-state index contributed by atoms with van der Waals surface area (Å²) in [7, 11) is 0. The summed E-state index contributed by atoms with van der Waals surface area (Å²) >= 11 is 0. The lowest BCUT2D eigenvalue weighted by molar-refractivity contribution is 0.0333. The van der Waals surface area contributed by atoms with Crippen LogP contribution in [-0.4, -0.2) is 41.3 Å². The fourth-order valence-electron chi connectivity index (χ4n) is 2.11. The molecule has 0 spiro atoms. The highest BCUT2D eigenvalue weighted by Crippen LogP contribution is 2.23. The van der Waals surface area contributed by atoms with Gasteiger partial charge >= 0.3 is 0 Å². The third-order valence-corrected chi connectivity index (χ3v) is 2.71. The van der Waals surface area contributed by atoms with E-state index in [1.807, 2.05) is 13.8 Å². The van der Waals surface area contributed by atoms with E-state index in [0.29, 0.717) is 12.0 Å². The van der Waals surface area contributed by atoms with E-state index in [2.05, 4.69) is 11.8 Å². The molecule has 0 aliphatic carbocycles. The van der Waals surface area contributed by atoms with Crippen LogP contribution in [0.15, 0.2) is 0 Å². The summed E-state index contributed by atoms with van der Waals surface area (Å²) in [5.74, 6) is 0.623. The van der Waals surface area contributed by atoms with E-state index in [1.54, 1.807) is 0 Å². The second-order valence-electron chi connectivity index (χ2n) is 4.93. The van der Waals surface area contributed by atoms with E-state index in [4.69, 9.17) is 5.73 Å². The summed E-state index contributed by atoms with van der Waals surface area (Å²) in [6.45, 7) is 8.49. The zero-order valence-electron chi connectivity index (χ0n) is 8.95. The van der Waals surface area contributed by atoms with Crippen LogP contribution in [0.25, 0.3) is 0 Å². The first-order valence-corrected chi connectivity index (χ1v) is 5.09. The Morgan fingerprint density at radius 3 is 2.54 bits per heavy atom. The number of β-amino-alcohol motifs (C(OH)–C–C–N with tert-alkyl or cyclic N) is 1. The van der Waals surface area contributed by atoms with E-state index >= 15 is 0 Å². The van der Waals surface area contributed by atoms with Crippen molar-refractivity contribution >= 4 is 0 Å². The van der Waals surface area contributed by atoms with Gasteiger partial charge in [-0.2, -0.15) is 0 Å². The maximum atomic E-state index is 9.68. The predicted octanol–water partition coefficient (Wildman–Crippen LogP) is 0.426. The first kappa shape index (κ1) is 11.0. The van der Waals surface area contributed by atoms with Crippen LogP contribution in [-0.2, 0) is 0 Å². The van der Waals surface area contributed by atoms with Gasteiger partial charge in [-0.1, -0.05) is 0 Å². The number of rotatable bonds is 3. The zero-order chi connectivity index (χ0) is 10.1. The molecule has 0 radical (unpaired) electrons. The number of hydrogen-bond acceptors (Lipinski definition) is 3. The lowest BCUT2D eigenvalue weighted by Crippen LogP contribution is -2.40. The first-order chi connectivity index (χ1) is 5.92. The van der Waals surface area contributed by atoms with Crippen LogP contribution in [0.4, 0.5) is 0 Å². The molecule has 78 valence electrons. The molecule has 1 aliphatic heterocycles. The third kappa shape index (κ3) is 3.25. The molecule has 0 aromatic carbocycles. The van der Waals surface area contributed by atoms with Crippen molar-refractivity contribution in [2.45, 2.75) is 38.8 Å². The van der Waals surface area contributed by atoms with Gasteiger partial charge in [-0.05, 0) is 39.7 Å². The van der Waals surface area contributed by atoms with Gasteiger partial charge in [0.05, 0.1) is 5.60 Å². The van der Waals surface area contributed by atoms with Crippen molar-refractivity contribution in [1.29, 1.82) is 0 Å². The molecular formula is C10H22N2O. The van der Waals surface area contributed by atoms with Gasteiger partial charge in [0.2, 0.25) is 0 Å². The van der Waals surface area contributed by atoms with Gasteiger partial charge in [0.15, 0.2) is 0 Å². The van der Waals surface area contributed by atoms with E-state index < -0.39 is 5.60 Å². The molecule has 0 bridgehead atoms. The van der Waals surface area contributed by atoms with Crippen molar-refractivity contribution in [2.75, 3.05) is 19.6 Å². The van der Waals surface area contributed by atoms with Crippen molar-refractivity contribution < 1.29 is 5.11 Å². The average molecular weight is 186 g/mol. The molecule has 13 heavy (non-hydrogen) atoms. The smallest absolute Gasteiger partial charge is 0.0718 e. The van der Waals surface area contributed by atoms with Crippen LogP contribution in [0.1, 0.15) is 27.2 Å². The van der Waals surface area contributed by atoms with Gasteiger partial charge in [0, 0.05) is 19.1 Å². The number of nitrogens with zero attached hydrogens (tertiary/aromatic N) is 1. The van der Waals surface area contributed by atoms with E-state index in [0.717, 1.165) is 19.6 Å². The van der Waals surface area contributed by atoms with Gasteiger partial charge in [0.1, 0.15) is 0 Å². The van der Waals surface area contributed by atoms with E-state index in [1.165, 1.54) is 6.42 Å². The minimum Gasteiger partial charge on any atom is -0.389 e. The summed E-state index contributed by atoms with van der Waals surface area (Å²) < 4.78 is 0. The third-order valence-electron chi connectivity index (χ3n) is 2.71. The molecule has 2 atom stereocenters. The molecule has 0 aromatic heterocycles. The molecular weight excluding hydrogens is 164 g/mol. The minimum absolute atomic E-state index is 0.569. The van der Waals surface area contributed by atoms with Gasteiger partial charge < -0.3 is 10.8 Å². The maximum absolute atomic E-state index is 9.68. The summed E-state index contributed by atoms with van der Waals surface area (Å²) in [5, 5.41) is 9.68. The Bertz CT molecular complexity index is 165. The van der Waals surface area contributed by atoms with Crippen molar-refractivity contribution in [1.82, 2.24) is 4.90 Å². The molecule has 0 saturated carbocycles. The fraction of sp³-hybridized carbons (Fsp3) is 1.00. The van der Waals surface area contributed by atoms with Crippen LogP contribution >= 0.6 is 0 Å². The van der Waals surface area contributed by atoms with Crippen LogP contribution in [0.3, 0.4) is 0 Å². The summed E-state index contributed by atoms with van der Waals surface area (Å²) in [4.78, 5) is 2.33. The summed E-state index contributed by atoms with van der Waals surface area (Å²) in [5.41, 5.74) is 5.05. The first-order valence-electron chi connectivity index (χ1n) is 5.09. The minimum atomic E-state index is -0.586. The molecule has 3 nitrogen and oxygen atoms in total. The second-order valence-corrected chi connectivity index (χ2v) is 4.93. The van der Waals surface area contributed by atoms with Crippen molar-refractivity contribution in [3.8, 4) is 0 Å². The van der Waals surface area contributed by atoms with Crippen molar-refractivity contribution in [3.05, 3.63) is 0 Å². The van der Waals surface area contributed by atoms with Crippen LogP contribution in [0.5, 0.6) is 0 Å². The molecule has 1 rings (SSSR count). The Morgan fingerprint density at radius 2 is 2.15 bits per heavy atom. The lowest BCUT2D eigenvalue weighted by atomic mass is 10.1. The average Bonchev–Trinajstić information content (AvgIpc) is 2.29. The Morgan fingerprint density at radius 1 is 1.54 bits per heavy atom. The highest BCUT2D eigenvalue weighted by molar-refractivity contribution is 4.86. The van der Waals surface area contributed by atoms with Gasteiger partial charge in [-0.15, -0.1) is 0 Å². The van der Waals surface area contributed by atoms with Crippen LogP contribution < -0.4 is 5.73 Å². The molecule has 1 heterocycles. The summed E-state index contributed by atoms with van der Waals surface area (Å²) in [6.07, 6.45) is 1.17. The number of likely N-dealkylation sites (tertiary alicyclic amines) is 1. The van der Waals surface area contributed by atoms with Crippen molar-refractivity contribution in [3.63, 3.8) is 0 Å². The van der Waals surface area contributed by atoms with Crippen LogP contribution in [0, 0.1) is 5.92 Å². The molecule has 2 unspecified atom stereocenters. The summed E-state index contributed by atoms with van der Waals surface area (Å²) in [6, 6.07) is 0.569. The highest BCUT2D eigenvalue weighted by atomic mass is 16.3. The lowest BCUT2D eigenvalue weighted by Gasteiger charge is -2.28. The van der Waals surface area contributed by atoms with Gasteiger partial charge in [0.25, 0.3) is 0 Å². The van der Waals surface area contributed by atoms with Crippen molar-refractivity contribution in [2.24, 2.45) is 11.7 Å². The quantitative estimate of drug-likeness (QED) is 0.672. The van der Waals surface area contributed by atoms with Gasteiger partial charge in [-0.3, -0.25) is 4.90 Å². The molecule has 1 aliphatic rings. The predicted molar refractivity (Wildman–Crippen MR) is 54.5 cm³/mol. The number of nitrogens with two attached hydrogens (primary N) is 1. The molecule has 1 fully saturated rings. The Balaban J connectivity index is 2.44. The largest absolute Gasteiger partial charge is 0.389 e. The maximum Gasteiger partial charge on any atom is 0.0718 e. The molecule has 0 amide bonds. The molecule has 1 saturated heterocycles. The zero-order valence-corrected chi connectivity index (χ0v) is 8.95. The Labute approximate surface area is 80.9 Å². The van der Waals surface area contributed by atoms with Crippen LogP contribution in [0.2, 0.25) is 0 Å². The topological polar surface area (TPSA) is 49.5 Å². The number of hydrogen-bond donors (Lipinski definition) is 2. The standard InChI is InChI=1S/C10H22N2O/c1-8-4-9(5-11)6-12(8)7-10(2,3)13/h8-9,13H,4-7,11H2,1-3H3. The molecule has 3 N–H and O–H groups in total. The highest BCUT2D eigenvalue weighted by Gasteiger charge is 2.31. The Hall–Kier alpha value is -0.120.